The number of nitrogens with one attached hydrogen (secondary N) is 1. The minimum absolute atomic E-state index is 0.655. The molecule has 1 aromatic heterocycles. The van der Waals surface area contributed by atoms with Crippen LogP contribution in [0, 0.1) is 6.92 Å². The third kappa shape index (κ3) is 2.13. The van der Waals surface area contributed by atoms with Crippen molar-refractivity contribution in [2.24, 2.45) is 0 Å². The Morgan fingerprint density at radius 1 is 1.33 bits per heavy atom. The molecule has 1 aromatic carbocycles. The molecule has 0 saturated heterocycles. The van der Waals surface area contributed by atoms with Crippen molar-refractivity contribution in [3.05, 3.63) is 41.7 Å². The number of rotatable bonds is 4. The molecule has 0 unspecified atom stereocenters. The van der Waals surface area contributed by atoms with Gasteiger partial charge in [0.25, 0.3) is 0 Å². The van der Waals surface area contributed by atoms with Gasteiger partial charge in [-0.1, -0.05) is 25.1 Å². The molecule has 1 N–H and O–H groups in total. The Morgan fingerprint density at radius 3 is 2.83 bits per heavy atom. The van der Waals surface area contributed by atoms with E-state index in [1.807, 2.05) is 0 Å². The highest BCUT2D eigenvalue weighted by molar-refractivity contribution is 5.59. The van der Waals surface area contributed by atoms with Gasteiger partial charge in [0, 0.05) is 17.9 Å². The predicted octanol–water partition coefficient (Wildman–Crippen LogP) is 3.83. The Bertz CT molecular complexity index is 553. The molecule has 0 radical (unpaired) electrons. The quantitative estimate of drug-likeness (QED) is 0.881. The lowest BCUT2D eigenvalue weighted by Gasteiger charge is -2.11. The third-order valence-electron chi connectivity index (χ3n) is 3.44. The van der Waals surface area contributed by atoms with E-state index in [1.165, 1.54) is 24.1 Å². The molecule has 1 fully saturated rings. The lowest BCUT2D eigenvalue weighted by molar-refractivity contribution is 0.750. The van der Waals surface area contributed by atoms with Gasteiger partial charge in [-0.3, -0.25) is 0 Å². The molecule has 94 valence electrons. The van der Waals surface area contributed by atoms with Gasteiger partial charge in [-0.2, -0.15) is 0 Å². The first kappa shape index (κ1) is 11.3. The molecule has 1 heterocycles. The standard InChI is InChI=1S/C15H19N3/c1-3-12-6-4-5-7-14(12)17-15-16-11(2)10-18(15)13-8-9-13/h4-7,10,13H,3,8-9H2,1-2H3,(H,16,17). The Hall–Kier alpha value is -1.77. The van der Waals surface area contributed by atoms with Crippen LogP contribution < -0.4 is 5.32 Å². The maximum atomic E-state index is 4.59. The largest absolute Gasteiger partial charge is 0.325 e. The predicted molar refractivity (Wildman–Crippen MR) is 74.3 cm³/mol. The fourth-order valence-corrected chi connectivity index (χ4v) is 2.31. The lowest BCUT2D eigenvalue weighted by atomic mass is 10.1. The minimum Gasteiger partial charge on any atom is -0.325 e. The summed E-state index contributed by atoms with van der Waals surface area (Å²) >= 11 is 0. The Labute approximate surface area is 108 Å². The normalized spacial score (nSPS) is 14.8. The summed E-state index contributed by atoms with van der Waals surface area (Å²) in [6, 6.07) is 9.10. The van der Waals surface area contributed by atoms with E-state index in [1.54, 1.807) is 0 Å². The zero-order valence-corrected chi connectivity index (χ0v) is 11.0. The van der Waals surface area contributed by atoms with E-state index in [2.05, 4.69) is 59.2 Å². The average molecular weight is 241 g/mol. The van der Waals surface area contributed by atoms with Gasteiger partial charge >= 0.3 is 0 Å². The van der Waals surface area contributed by atoms with Gasteiger partial charge in [-0.15, -0.1) is 0 Å². The highest BCUT2D eigenvalue weighted by Crippen LogP contribution is 2.38. The number of benzene rings is 1. The molecule has 0 bridgehead atoms. The molecule has 0 spiro atoms. The Morgan fingerprint density at radius 2 is 2.11 bits per heavy atom. The molecule has 2 aromatic rings. The molecule has 1 aliphatic rings. The molecule has 3 nitrogen and oxygen atoms in total. The second-order valence-electron chi connectivity index (χ2n) is 4.98. The summed E-state index contributed by atoms with van der Waals surface area (Å²) in [6.45, 7) is 4.23. The molecule has 3 heteroatoms. The summed E-state index contributed by atoms with van der Waals surface area (Å²) in [7, 11) is 0. The van der Waals surface area contributed by atoms with Crippen molar-refractivity contribution >= 4 is 11.6 Å². The van der Waals surface area contributed by atoms with Crippen LogP contribution in [-0.2, 0) is 6.42 Å². The summed E-state index contributed by atoms with van der Waals surface area (Å²) in [6.07, 6.45) is 5.74. The fraction of sp³-hybridized carbons (Fsp3) is 0.400. The number of imidazole rings is 1. The fourth-order valence-electron chi connectivity index (χ4n) is 2.31. The van der Waals surface area contributed by atoms with Gasteiger partial charge in [0.2, 0.25) is 5.95 Å². The Kier molecular flexibility index (Phi) is 2.82. The van der Waals surface area contributed by atoms with Crippen LogP contribution in [0.4, 0.5) is 11.6 Å². The zero-order valence-electron chi connectivity index (χ0n) is 11.0. The van der Waals surface area contributed by atoms with E-state index in [0.717, 1.165) is 18.1 Å². The number of aromatic nitrogens is 2. The van der Waals surface area contributed by atoms with Crippen molar-refractivity contribution in [2.75, 3.05) is 5.32 Å². The lowest BCUT2D eigenvalue weighted by Crippen LogP contribution is -2.03. The average Bonchev–Trinajstić information content (AvgIpc) is 3.15. The second-order valence-corrected chi connectivity index (χ2v) is 4.98. The van der Waals surface area contributed by atoms with Gasteiger partial charge in [-0.05, 0) is 37.8 Å². The number of hydrogen-bond acceptors (Lipinski definition) is 2. The third-order valence-corrected chi connectivity index (χ3v) is 3.44. The number of para-hydroxylation sites is 1. The monoisotopic (exact) mass is 241 g/mol. The van der Waals surface area contributed by atoms with E-state index in [0.29, 0.717) is 6.04 Å². The van der Waals surface area contributed by atoms with E-state index in [4.69, 9.17) is 0 Å². The van der Waals surface area contributed by atoms with Crippen LogP contribution in [-0.4, -0.2) is 9.55 Å². The van der Waals surface area contributed by atoms with Gasteiger partial charge in [0.15, 0.2) is 0 Å². The molecular formula is C15H19N3. The SMILES string of the molecule is CCc1ccccc1Nc1nc(C)cn1C1CC1. The highest BCUT2D eigenvalue weighted by Gasteiger charge is 2.26. The van der Waals surface area contributed by atoms with Crippen molar-refractivity contribution in [1.82, 2.24) is 9.55 Å². The smallest absolute Gasteiger partial charge is 0.207 e. The van der Waals surface area contributed by atoms with Crippen LogP contribution in [0.2, 0.25) is 0 Å². The van der Waals surface area contributed by atoms with Crippen LogP contribution in [0.5, 0.6) is 0 Å². The first-order valence-electron chi connectivity index (χ1n) is 6.68. The van der Waals surface area contributed by atoms with Crippen LogP contribution in [0.3, 0.4) is 0 Å². The molecule has 0 aliphatic heterocycles. The van der Waals surface area contributed by atoms with Gasteiger partial charge in [-0.25, -0.2) is 4.98 Å². The first-order chi connectivity index (χ1) is 8.78. The van der Waals surface area contributed by atoms with E-state index in [9.17, 15) is 0 Å². The van der Waals surface area contributed by atoms with Crippen molar-refractivity contribution in [3.63, 3.8) is 0 Å². The van der Waals surface area contributed by atoms with Crippen molar-refractivity contribution in [2.45, 2.75) is 39.2 Å². The van der Waals surface area contributed by atoms with Gasteiger partial charge in [0.1, 0.15) is 0 Å². The summed E-state index contributed by atoms with van der Waals surface area (Å²) in [5.41, 5.74) is 3.59. The van der Waals surface area contributed by atoms with Gasteiger partial charge < -0.3 is 9.88 Å². The summed E-state index contributed by atoms with van der Waals surface area (Å²) in [5.74, 6) is 0.982. The van der Waals surface area contributed by atoms with E-state index < -0.39 is 0 Å². The molecule has 1 aliphatic carbocycles. The van der Waals surface area contributed by atoms with Crippen molar-refractivity contribution < 1.29 is 0 Å². The second kappa shape index (κ2) is 4.48. The number of hydrogen-bond donors (Lipinski definition) is 1. The van der Waals surface area contributed by atoms with Gasteiger partial charge in [0.05, 0.1) is 5.69 Å². The maximum Gasteiger partial charge on any atom is 0.207 e. The van der Waals surface area contributed by atoms with Crippen molar-refractivity contribution in [1.29, 1.82) is 0 Å². The van der Waals surface area contributed by atoms with E-state index >= 15 is 0 Å². The molecular weight excluding hydrogens is 222 g/mol. The van der Waals surface area contributed by atoms with Crippen molar-refractivity contribution in [3.8, 4) is 0 Å². The van der Waals surface area contributed by atoms with Crippen LogP contribution in [0.25, 0.3) is 0 Å². The molecule has 1 saturated carbocycles. The van der Waals surface area contributed by atoms with E-state index in [-0.39, 0.29) is 0 Å². The number of anilines is 2. The molecule has 3 rings (SSSR count). The summed E-state index contributed by atoms with van der Waals surface area (Å²) < 4.78 is 2.28. The number of aryl methyl sites for hydroxylation is 2. The van der Waals surface area contributed by atoms with Crippen LogP contribution in [0.1, 0.15) is 37.1 Å². The first-order valence-corrected chi connectivity index (χ1v) is 6.68. The van der Waals surface area contributed by atoms with Crippen LogP contribution >= 0.6 is 0 Å². The van der Waals surface area contributed by atoms with Crippen LogP contribution in [0.15, 0.2) is 30.5 Å². The summed E-state index contributed by atoms with van der Waals surface area (Å²) in [4.78, 5) is 4.59. The highest BCUT2D eigenvalue weighted by atomic mass is 15.2. The minimum atomic E-state index is 0.655. The number of nitrogens with zero attached hydrogens (tertiary/aromatic N) is 2. The topological polar surface area (TPSA) is 29.9 Å². The Balaban J connectivity index is 1.91. The maximum absolute atomic E-state index is 4.59. The summed E-state index contributed by atoms with van der Waals surface area (Å²) in [5, 5.41) is 3.49. The zero-order chi connectivity index (χ0) is 12.5. The molecule has 0 atom stereocenters. The molecule has 18 heavy (non-hydrogen) atoms. The molecule has 0 amide bonds.